The second-order valence-electron chi connectivity index (χ2n) is 5.13. The van der Waals surface area contributed by atoms with Crippen LogP contribution in [0.1, 0.15) is 31.2 Å². The van der Waals surface area contributed by atoms with Gasteiger partial charge in [0.15, 0.2) is 5.82 Å². The fourth-order valence-corrected chi connectivity index (χ4v) is 2.79. The monoisotopic (exact) mass is 268 g/mol. The molecule has 0 unspecified atom stereocenters. The first-order valence-electron chi connectivity index (χ1n) is 6.53. The van der Waals surface area contributed by atoms with Crippen molar-refractivity contribution in [3.63, 3.8) is 0 Å². The normalized spacial score (nSPS) is 22.4. The maximum absolute atomic E-state index is 14.5. The number of hydrogen-bond acceptors (Lipinski definition) is 1. The summed E-state index contributed by atoms with van der Waals surface area (Å²) in [4.78, 5) is 0. The van der Waals surface area contributed by atoms with E-state index in [9.17, 15) is 13.2 Å². The summed E-state index contributed by atoms with van der Waals surface area (Å²) in [6, 6.07) is 3.54. The topological polar surface area (TPSA) is 17.8 Å². The third-order valence-corrected chi connectivity index (χ3v) is 3.93. The first-order chi connectivity index (χ1) is 9.11. The van der Waals surface area contributed by atoms with Crippen molar-refractivity contribution >= 4 is 10.9 Å². The van der Waals surface area contributed by atoms with E-state index < -0.39 is 13.0 Å². The Morgan fingerprint density at radius 2 is 2.21 bits per heavy atom. The van der Waals surface area contributed by atoms with Crippen molar-refractivity contribution in [3.05, 3.63) is 29.7 Å². The van der Waals surface area contributed by atoms with Gasteiger partial charge >= 0.3 is 0 Å². The first-order valence-corrected chi connectivity index (χ1v) is 6.53. The molecule has 1 saturated carbocycles. The SMILES string of the molecule is CC[C@H]1C[C@@H]1c1ccc2cnn(CC(F)F)c2c1F. The number of hydrogen-bond donors (Lipinski definition) is 0. The molecule has 0 bridgehead atoms. The van der Waals surface area contributed by atoms with Crippen LogP contribution in [0.25, 0.3) is 10.9 Å². The van der Waals surface area contributed by atoms with E-state index in [0.29, 0.717) is 16.9 Å². The third-order valence-electron chi connectivity index (χ3n) is 3.93. The van der Waals surface area contributed by atoms with E-state index in [4.69, 9.17) is 0 Å². The lowest BCUT2D eigenvalue weighted by Crippen LogP contribution is -2.09. The number of aromatic nitrogens is 2. The number of halogens is 3. The van der Waals surface area contributed by atoms with E-state index in [1.807, 2.05) is 0 Å². The van der Waals surface area contributed by atoms with Gasteiger partial charge in [0.1, 0.15) is 12.1 Å². The van der Waals surface area contributed by atoms with Crippen LogP contribution >= 0.6 is 0 Å². The van der Waals surface area contributed by atoms with E-state index in [1.165, 1.54) is 6.20 Å². The molecule has 0 saturated heterocycles. The largest absolute Gasteiger partial charge is 0.257 e. The van der Waals surface area contributed by atoms with Crippen LogP contribution in [0.2, 0.25) is 0 Å². The zero-order valence-corrected chi connectivity index (χ0v) is 10.6. The number of rotatable bonds is 4. The Kier molecular flexibility index (Phi) is 2.99. The van der Waals surface area contributed by atoms with E-state index in [-0.39, 0.29) is 17.3 Å². The zero-order valence-electron chi connectivity index (χ0n) is 10.6. The van der Waals surface area contributed by atoms with Gasteiger partial charge in [-0.05, 0) is 23.8 Å². The molecule has 2 nitrogen and oxygen atoms in total. The number of fused-ring (bicyclic) bond motifs is 1. The average Bonchev–Trinajstić information content (AvgIpc) is 3.04. The van der Waals surface area contributed by atoms with Gasteiger partial charge in [-0.15, -0.1) is 0 Å². The van der Waals surface area contributed by atoms with Crippen molar-refractivity contribution < 1.29 is 13.2 Å². The highest BCUT2D eigenvalue weighted by atomic mass is 19.3. The van der Waals surface area contributed by atoms with E-state index in [2.05, 4.69) is 12.0 Å². The molecule has 1 aromatic carbocycles. The molecule has 19 heavy (non-hydrogen) atoms. The van der Waals surface area contributed by atoms with E-state index in [0.717, 1.165) is 17.5 Å². The second kappa shape index (κ2) is 4.54. The van der Waals surface area contributed by atoms with Crippen LogP contribution in [0.5, 0.6) is 0 Å². The average molecular weight is 268 g/mol. The van der Waals surface area contributed by atoms with Crippen LogP contribution in [0.4, 0.5) is 13.2 Å². The molecule has 3 rings (SSSR count). The summed E-state index contributed by atoms with van der Waals surface area (Å²) in [6.45, 7) is 1.52. The molecule has 102 valence electrons. The lowest BCUT2D eigenvalue weighted by Gasteiger charge is -2.07. The highest BCUT2D eigenvalue weighted by Gasteiger charge is 2.38. The van der Waals surface area contributed by atoms with Gasteiger partial charge < -0.3 is 0 Å². The van der Waals surface area contributed by atoms with Gasteiger partial charge in [-0.1, -0.05) is 25.5 Å². The van der Waals surface area contributed by atoms with Crippen LogP contribution in [-0.2, 0) is 6.54 Å². The van der Waals surface area contributed by atoms with Gasteiger partial charge in [-0.25, -0.2) is 13.2 Å². The Bertz CT molecular complexity index is 606. The zero-order chi connectivity index (χ0) is 13.6. The molecular formula is C14H15F3N2. The molecule has 0 N–H and O–H groups in total. The van der Waals surface area contributed by atoms with Crippen LogP contribution in [0.15, 0.2) is 18.3 Å². The van der Waals surface area contributed by atoms with Crippen molar-refractivity contribution in [2.24, 2.45) is 5.92 Å². The minimum Gasteiger partial charge on any atom is -0.256 e. The van der Waals surface area contributed by atoms with Gasteiger partial charge in [0, 0.05) is 5.39 Å². The first kappa shape index (κ1) is 12.5. The molecule has 0 amide bonds. The Labute approximate surface area is 109 Å². The maximum atomic E-state index is 14.5. The van der Waals surface area contributed by atoms with Crippen molar-refractivity contribution in [1.82, 2.24) is 9.78 Å². The highest BCUT2D eigenvalue weighted by Crippen LogP contribution is 2.50. The fourth-order valence-electron chi connectivity index (χ4n) is 2.79. The summed E-state index contributed by atoms with van der Waals surface area (Å²) >= 11 is 0. The molecule has 1 aliphatic rings. The maximum Gasteiger partial charge on any atom is 0.257 e. The summed E-state index contributed by atoms with van der Waals surface area (Å²) in [7, 11) is 0. The van der Waals surface area contributed by atoms with Gasteiger partial charge in [0.05, 0.1) is 6.20 Å². The predicted octanol–water partition coefficient (Wildman–Crippen LogP) is 3.95. The molecular weight excluding hydrogens is 253 g/mol. The Balaban J connectivity index is 2.04. The smallest absolute Gasteiger partial charge is 0.256 e. The fraction of sp³-hybridized carbons (Fsp3) is 0.500. The van der Waals surface area contributed by atoms with E-state index >= 15 is 0 Å². The van der Waals surface area contributed by atoms with Crippen molar-refractivity contribution in [2.75, 3.05) is 0 Å². The molecule has 0 spiro atoms. The molecule has 1 fully saturated rings. The molecule has 2 atom stereocenters. The summed E-state index contributed by atoms with van der Waals surface area (Å²) in [5.74, 6) is 0.388. The molecule has 0 aliphatic heterocycles. The van der Waals surface area contributed by atoms with Crippen molar-refractivity contribution in [3.8, 4) is 0 Å². The second-order valence-corrected chi connectivity index (χ2v) is 5.13. The van der Waals surface area contributed by atoms with Gasteiger partial charge in [-0.2, -0.15) is 5.10 Å². The summed E-state index contributed by atoms with van der Waals surface area (Å²) in [5.41, 5.74) is 0.856. The molecule has 0 radical (unpaired) electrons. The molecule has 1 aromatic heterocycles. The molecule has 5 heteroatoms. The Hall–Kier alpha value is -1.52. The molecule has 2 aromatic rings. The summed E-state index contributed by atoms with van der Waals surface area (Å²) in [5, 5.41) is 4.43. The van der Waals surface area contributed by atoms with Gasteiger partial charge in [0.25, 0.3) is 6.43 Å². The molecule has 1 heterocycles. The van der Waals surface area contributed by atoms with E-state index in [1.54, 1.807) is 12.1 Å². The van der Waals surface area contributed by atoms with Crippen molar-refractivity contribution in [1.29, 1.82) is 0 Å². The van der Waals surface area contributed by atoms with Crippen molar-refractivity contribution in [2.45, 2.75) is 38.7 Å². The number of nitrogens with zero attached hydrogens (tertiary/aromatic N) is 2. The predicted molar refractivity (Wildman–Crippen MR) is 66.8 cm³/mol. The van der Waals surface area contributed by atoms with Crippen LogP contribution in [0.3, 0.4) is 0 Å². The quantitative estimate of drug-likeness (QED) is 0.820. The molecule has 1 aliphatic carbocycles. The van der Waals surface area contributed by atoms with Crippen LogP contribution in [0, 0.1) is 11.7 Å². The minimum atomic E-state index is -2.53. The number of benzene rings is 1. The Morgan fingerprint density at radius 1 is 1.42 bits per heavy atom. The lowest BCUT2D eigenvalue weighted by molar-refractivity contribution is 0.123. The Morgan fingerprint density at radius 3 is 2.84 bits per heavy atom. The lowest BCUT2D eigenvalue weighted by atomic mass is 10.1. The summed E-state index contributed by atoms with van der Waals surface area (Å²) in [6.07, 6.45) is 0.922. The summed E-state index contributed by atoms with van der Waals surface area (Å²) < 4.78 is 40.5. The van der Waals surface area contributed by atoms with Gasteiger partial charge in [0.2, 0.25) is 0 Å². The standard InChI is InChI=1S/C14H15F3N2/c1-2-8-5-11(8)10-4-3-9-6-18-19(7-12(15)16)14(9)13(10)17/h3-4,6,8,11-12H,2,5,7H2,1H3/t8-,11-/m0/s1. The van der Waals surface area contributed by atoms with Gasteiger partial charge in [-0.3, -0.25) is 4.68 Å². The minimum absolute atomic E-state index is 0.208. The van der Waals surface area contributed by atoms with Crippen LogP contribution < -0.4 is 0 Å². The van der Waals surface area contributed by atoms with Crippen LogP contribution in [-0.4, -0.2) is 16.2 Å². The highest BCUT2D eigenvalue weighted by molar-refractivity contribution is 5.80. The third kappa shape index (κ3) is 2.11. The number of alkyl halides is 2.